The normalized spacial score (nSPS) is 28.1. The molecule has 10 heteroatoms. The zero-order valence-electron chi connectivity index (χ0n) is 28.9. The fraction of sp³-hybridized carbons (Fsp3) is 0.649. The van der Waals surface area contributed by atoms with Crippen molar-refractivity contribution in [3.05, 3.63) is 71.8 Å². The lowest BCUT2D eigenvalue weighted by Gasteiger charge is -2.58. The van der Waals surface area contributed by atoms with Crippen molar-refractivity contribution >= 4 is 14.1 Å². The predicted molar refractivity (Wildman–Crippen MR) is 180 cm³/mol. The molecule has 5 atom stereocenters. The van der Waals surface area contributed by atoms with Gasteiger partial charge in [-0.15, -0.1) is 0 Å². The predicted octanol–water partition coefficient (Wildman–Crippen LogP) is 7.28. The van der Waals surface area contributed by atoms with Crippen molar-refractivity contribution in [2.75, 3.05) is 26.8 Å². The van der Waals surface area contributed by atoms with E-state index in [1.54, 1.807) is 0 Å². The Kier molecular flexibility index (Phi) is 12.5. The second kappa shape index (κ2) is 16.1. The van der Waals surface area contributed by atoms with Gasteiger partial charge in [-0.2, -0.15) is 0 Å². The van der Waals surface area contributed by atoms with Gasteiger partial charge in [0, 0.05) is 19.3 Å². The van der Waals surface area contributed by atoms with Gasteiger partial charge in [0.1, 0.15) is 19.4 Å². The summed E-state index contributed by atoms with van der Waals surface area (Å²) in [7, 11) is -2.27. The minimum absolute atomic E-state index is 0.0239. The molecule has 0 aliphatic carbocycles. The highest BCUT2D eigenvalue weighted by molar-refractivity contribution is 6.74. The van der Waals surface area contributed by atoms with Crippen molar-refractivity contribution in [2.45, 2.75) is 127 Å². The molecule has 0 unspecified atom stereocenters. The summed E-state index contributed by atoms with van der Waals surface area (Å²) in [6.07, 6.45) is 2.87. The molecule has 3 fully saturated rings. The summed E-state index contributed by atoms with van der Waals surface area (Å²) in [4.78, 5) is 13.2. The number of carbonyl (C=O) groups excluding carboxylic acids is 1. The third-order valence-corrected chi connectivity index (χ3v) is 14.1. The zero-order chi connectivity index (χ0) is 33.4. The number of ketones is 1. The van der Waals surface area contributed by atoms with Crippen molar-refractivity contribution in [3.63, 3.8) is 0 Å². The number of carbonyl (C=O) groups is 1. The summed E-state index contributed by atoms with van der Waals surface area (Å²) in [5.41, 5.74) is 2.21. The molecule has 0 radical (unpaired) electrons. The lowest BCUT2D eigenvalue weighted by Crippen LogP contribution is -2.66. The SMILES string of the molecule is CC(C)(C)[Si](C)(C)O[C@]12C[C@H](C[C@@H](CCOCOCc3ccccc3)O1)O[C@@]1(CC(=O)C[C@@H](CCOCOCc3ccccc3)O1)C2. The minimum Gasteiger partial charge on any atom is -0.390 e. The van der Waals surface area contributed by atoms with E-state index >= 15 is 0 Å². The van der Waals surface area contributed by atoms with Crippen molar-refractivity contribution < 1.29 is 42.4 Å². The number of hydrogen-bond acceptors (Lipinski definition) is 9. The zero-order valence-corrected chi connectivity index (χ0v) is 29.9. The first-order valence-corrected chi connectivity index (χ1v) is 20.0. The minimum atomic E-state index is -2.27. The monoisotopic (exact) mass is 670 g/mol. The Hall–Kier alpha value is -1.99. The lowest BCUT2D eigenvalue weighted by molar-refractivity contribution is -0.397. The van der Waals surface area contributed by atoms with Crippen LogP contribution in [-0.4, -0.2) is 70.8 Å². The highest BCUT2D eigenvalue weighted by atomic mass is 28.4. The molecule has 2 aromatic rings. The first kappa shape index (κ1) is 36.3. The highest BCUT2D eigenvalue weighted by Crippen LogP contribution is 2.52. The number of rotatable bonds is 16. The largest absolute Gasteiger partial charge is 0.390 e. The molecule has 3 heterocycles. The summed E-state index contributed by atoms with van der Waals surface area (Å²) >= 11 is 0. The fourth-order valence-electron chi connectivity index (χ4n) is 6.46. The molecule has 5 rings (SSSR count). The Morgan fingerprint density at radius 2 is 1.36 bits per heavy atom. The average Bonchev–Trinajstić information content (AvgIpc) is 2.99. The smallest absolute Gasteiger partial charge is 0.195 e. The Labute approximate surface area is 281 Å². The quantitative estimate of drug-likeness (QED) is 0.104. The molecule has 47 heavy (non-hydrogen) atoms. The molecule has 260 valence electrons. The van der Waals surface area contributed by atoms with Crippen LogP contribution in [0.1, 0.15) is 76.8 Å². The second-order valence-corrected chi connectivity index (χ2v) is 19.5. The van der Waals surface area contributed by atoms with Crippen LogP contribution in [0.15, 0.2) is 60.7 Å². The Balaban J connectivity index is 1.16. The summed E-state index contributed by atoms with van der Waals surface area (Å²) < 4.78 is 50.3. The third-order valence-electron chi connectivity index (χ3n) is 9.64. The molecule has 3 saturated heterocycles. The van der Waals surface area contributed by atoms with Crippen LogP contribution in [0.5, 0.6) is 0 Å². The van der Waals surface area contributed by atoms with E-state index in [1.165, 1.54) is 0 Å². The molecule has 3 aliphatic heterocycles. The maximum Gasteiger partial charge on any atom is 0.195 e. The second-order valence-electron chi connectivity index (χ2n) is 14.7. The standard InChI is InChI=1S/C37H54O9Si/c1-35(2,3)47(4,5)46-37-23-34(21-33(44-37)17-19-40-28-42-25-30-14-10-7-11-15-30)45-36(26-37)22-31(38)20-32(43-36)16-18-39-27-41-24-29-12-8-6-9-13-29/h6-15,32-34H,16-28H2,1-5H3/t32-,33-,34+,36+,37+/m1/s1. The summed E-state index contributed by atoms with van der Waals surface area (Å²) in [5.74, 6) is -1.85. The highest BCUT2D eigenvalue weighted by Gasteiger charge is 2.60. The molecule has 3 aliphatic rings. The Morgan fingerprint density at radius 1 is 0.787 bits per heavy atom. The third kappa shape index (κ3) is 10.5. The van der Waals surface area contributed by atoms with Gasteiger partial charge in [0.05, 0.1) is 57.6 Å². The molecule has 0 N–H and O–H groups in total. The number of hydrogen-bond donors (Lipinski definition) is 0. The molecule has 1 spiro atoms. The number of benzene rings is 2. The maximum atomic E-state index is 13.2. The molecule has 2 bridgehead atoms. The molecule has 0 saturated carbocycles. The average molecular weight is 671 g/mol. The van der Waals surface area contributed by atoms with Gasteiger partial charge in [0.25, 0.3) is 0 Å². The van der Waals surface area contributed by atoms with Crippen LogP contribution in [-0.2, 0) is 55.6 Å². The van der Waals surface area contributed by atoms with E-state index in [2.05, 4.69) is 33.9 Å². The molecule has 0 amide bonds. The van der Waals surface area contributed by atoms with E-state index < -0.39 is 19.9 Å². The van der Waals surface area contributed by atoms with E-state index in [0.717, 1.165) is 11.1 Å². The molecule has 0 aromatic heterocycles. The van der Waals surface area contributed by atoms with Gasteiger partial charge in [-0.3, -0.25) is 4.79 Å². The maximum absolute atomic E-state index is 13.2. The van der Waals surface area contributed by atoms with E-state index in [4.69, 9.17) is 37.6 Å². The number of ether oxygens (including phenoxy) is 7. The number of fused-ring (bicyclic) bond motifs is 2. The van der Waals surface area contributed by atoms with Gasteiger partial charge in [-0.1, -0.05) is 81.4 Å². The van der Waals surface area contributed by atoms with Crippen LogP contribution in [0.4, 0.5) is 0 Å². The number of Topliss-reactive ketones (excluding diaryl/α,β-unsaturated/α-hetero) is 1. The van der Waals surface area contributed by atoms with E-state index in [0.29, 0.717) is 65.0 Å². The van der Waals surface area contributed by atoms with Crippen LogP contribution in [0.25, 0.3) is 0 Å². The van der Waals surface area contributed by atoms with Crippen LogP contribution in [0, 0.1) is 0 Å². The molecule has 2 aromatic carbocycles. The van der Waals surface area contributed by atoms with Crippen LogP contribution in [0.2, 0.25) is 18.1 Å². The van der Waals surface area contributed by atoms with Crippen molar-refractivity contribution in [2.24, 2.45) is 0 Å². The van der Waals surface area contributed by atoms with Crippen molar-refractivity contribution in [3.8, 4) is 0 Å². The van der Waals surface area contributed by atoms with E-state index in [1.807, 2.05) is 60.7 Å². The fourth-order valence-corrected chi connectivity index (χ4v) is 7.90. The first-order chi connectivity index (χ1) is 22.4. The van der Waals surface area contributed by atoms with Gasteiger partial charge in [-0.25, -0.2) is 0 Å². The van der Waals surface area contributed by atoms with Gasteiger partial charge >= 0.3 is 0 Å². The summed E-state index contributed by atoms with van der Waals surface area (Å²) in [6.45, 7) is 13.5. The van der Waals surface area contributed by atoms with Crippen molar-refractivity contribution in [1.29, 1.82) is 0 Å². The van der Waals surface area contributed by atoms with Crippen molar-refractivity contribution in [1.82, 2.24) is 0 Å². The molecular weight excluding hydrogens is 616 g/mol. The van der Waals surface area contributed by atoms with Gasteiger partial charge in [0.2, 0.25) is 0 Å². The summed E-state index contributed by atoms with van der Waals surface area (Å²) in [6, 6.07) is 20.0. The van der Waals surface area contributed by atoms with Gasteiger partial charge in [0.15, 0.2) is 19.9 Å². The van der Waals surface area contributed by atoms with Crippen LogP contribution in [0.3, 0.4) is 0 Å². The lowest BCUT2D eigenvalue weighted by atomic mass is 9.84. The van der Waals surface area contributed by atoms with Gasteiger partial charge in [-0.05, 0) is 42.1 Å². The van der Waals surface area contributed by atoms with Crippen LogP contribution >= 0.6 is 0 Å². The summed E-state index contributed by atoms with van der Waals surface area (Å²) in [5, 5.41) is -0.0239. The van der Waals surface area contributed by atoms with Crippen LogP contribution < -0.4 is 0 Å². The Morgan fingerprint density at radius 3 is 1.94 bits per heavy atom. The first-order valence-electron chi connectivity index (χ1n) is 17.1. The van der Waals surface area contributed by atoms with Gasteiger partial charge < -0.3 is 37.6 Å². The molecular formula is C37H54O9Si. The van der Waals surface area contributed by atoms with E-state index in [9.17, 15) is 4.79 Å². The molecule has 9 nitrogen and oxygen atoms in total. The topological polar surface area (TPSA) is 90.9 Å². The van der Waals surface area contributed by atoms with E-state index in [-0.39, 0.29) is 49.1 Å². The Bertz CT molecular complexity index is 1250.